The highest BCUT2D eigenvalue weighted by molar-refractivity contribution is 7.90. The predicted octanol–water partition coefficient (Wildman–Crippen LogP) is 3.49. The van der Waals surface area contributed by atoms with Crippen molar-refractivity contribution in [2.45, 2.75) is 17.9 Å². The number of hydrogen-bond donors (Lipinski definition) is 2. The van der Waals surface area contributed by atoms with Crippen molar-refractivity contribution in [2.24, 2.45) is 0 Å². The zero-order valence-electron chi connectivity index (χ0n) is 15.1. The molecule has 3 rings (SSSR count). The van der Waals surface area contributed by atoms with Gasteiger partial charge in [-0.15, -0.1) is 11.3 Å². The van der Waals surface area contributed by atoms with Crippen LogP contribution < -0.4 is 10.6 Å². The summed E-state index contributed by atoms with van der Waals surface area (Å²) < 4.78 is 28.1. The van der Waals surface area contributed by atoms with Gasteiger partial charge in [-0.05, 0) is 48.9 Å². The number of nitrogens with one attached hydrogen (secondary N) is 2. The molecule has 7 nitrogen and oxygen atoms in total. The Morgan fingerprint density at radius 1 is 1.04 bits per heavy atom. The van der Waals surface area contributed by atoms with E-state index in [1.807, 2.05) is 0 Å². The zero-order valence-corrected chi connectivity index (χ0v) is 16.8. The maximum atomic E-state index is 12.5. The number of benzene rings is 1. The van der Waals surface area contributed by atoms with Crippen LogP contribution in [-0.2, 0) is 9.84 Å². The first kappa shape index (κ1) is 19.8. The van der Waals surface area contributed by atoms with Gasteiger partial charge in [0.15, 0.2) is 15.6 Å². The van der Waals surface area contributed by atoms with Gasteiger partial charge in [-0.1, -0.05) is 12.1 Å². The van der Waals surface area contributed by atoms with Crippen LogP contribution in [0, 0.1) is 0 Å². The standard InChI is InChI=1S/C19H18N2O5S2/c1-12(13-5-7-14(8-6-13)28(2,24)25)20-19(23)16-9-10-17(27-16)21-18(22)15-4-3-11-26-15/h3-12H,1-2H3,(H,20,23)(H,21,22)/t12-/m1/s1. The van der Waals surface area contributed by atoms with E-state index >= 15 is 0 Å². The third-order valence-corrected chi connectivity index (χ3v) is 6.10. The van der Waals surface area contributed by atoms with Crippen LogP contribution in [0.25, 0.3) is 0 Å². The quantitative estimate of drug-likeness (QED) is 0.637. The van der Waals surface area contributed by atoms with Crippen molar-refractivity contribution in [3.05, 3.63) is 71.0 Å². The molecular formula is C19H18N2O5S2. The normalized spacial score (nSPS) is 12.4. The number of hydrogen-bond acceptors (Lipinski definition) is 6. The Balaban J connectivity index is 1.63. The molecule has 2 aromatic heterocycles. The van der Waals surface area contributed by atoms with Gasteiger partial charge in [-0.3, -0.25) is 9.59 Å². The summed E-state index contributed by atoms with van der Waals surface area (Å²) in [6.45, 7) is 1.81. The molecule has 9 heteroatoms. The van der Waals surface area contributed by atoms with Gasteiger partial charge in [-0.2, -0.15) is 0 Å². The summed E-state index contributed by atoms with van der Waals surface area (Å²) in [6, 6.07) is 12.5. The second-order valence-electron chi connectivity index (χ2n) is 6.13. The van der Waals surface area contributed by atoms with Crippen molar-refractivity contribution < 1.29 is 22.4 Å². The summed E-state index contributed by atoms with van der Waals surface area (Å²) >= 11 is 1.14. The van der Waals surface area contributed by atoms with Crippen molar-refractivity contribution in [3.8, 4) is 0 Å². The number of thiophene rings is 1. The van der Waals surface area contributed by atoms with Gasteiger partial charge in [0.2, 0.25) is 0 Å². The first-order valence-electron chi connectivity index (χ1n) is 8.29. The lowest BCUT2D eigenvalue weighted by Gasteiger charge is -2.14. The van der Waals surface area contributed by atoms with Gasteiger partial charge >= 0.3 is 0 Å². The molecule has 0 radical (unpaired) electrons. The highest BCUT2D eigenvalue weighted by atomic mass is 32.2. The van der Waals surface area contributed by atoms with Gasteiger partial charge in [0.05, 0.1) is 27.1 Å². The van der Waals surface area contributed by atoms with Gasteiger partial charge in [0, 0.05) is 6.26 Å². The van der Waals surface area contributed by atoms with E-state index in [0.29, 0.717) is 9.88 Å². The molecule has 0 aliphatic rings. The molecule has 2 N–H and O–H groups in total. The van der Waals surface area contributed by atoms with Crippen LogP contribution >= 0.6 is 11.3 Å². The number of carbonyl (C=O) groups excluding carboxylic acids is 2. The second-order valence-corrected chi connectivity index (χ2v) is 9.23. The fourth-order valence-electron chi connectivity index (χ4n) is 2.46. The molecule has 3 aromatic rings. The summed E-state index contributed by atoms with van der Waals surface area (Å²) in [5, 5.41) is 6.05. The van der Waals surface area contributed by atoms with Crippen molar-refractivity contribution >= 4 is 38.0 Å². The van der Waals surface area contributed by atoms with Crippen LogP contribution in [0.1, 0.15) is 38.8 Å². The molecule has 2 amide bonds. The van der Waals surface area contributed by atoms with E-state index in [-0.39, 0.29) is 22.6 Å². The van der Waals surface area contributed by atoms with E-state index in [4.69, 9.17) is 4.42 Å². The van der Waals surface area contributed by atoms with E-state index in [9.17, 15) is 18.0 Å². The summed E-state index contributed by atoms with van der Waals surface area (Å²) in [7, 11) is -3.26. The molecule has 2 heterocycles. The molecule has 0 aliphatic carbocycles. The van der Waals surface area contributed by atoms with Crippen molar-refractivity contribution in [1.29, 1.82) is 0 Å². The Morgan fingerprint density at radius 3 is 2.36 bits per heavy atom. The van der Waals surface area contributed by atoms with Crippen LogP contribution in [0.4, 0.5) is 5.00 Å². The Bertz CT molecular complexity index is 1080. The maximum absolute atomic E-state index is 12.5. The Morgan fingerprint density at radius 2 is 1.75 bits per heavy atom. The van der Waals surface area contributed by atoms with Crippen molar-refractivity contribution in [3.63, 3.8) is 0 Å². The minimum absolute atomic E-state index is 0.186. The molecule has 0 saturated heterocycles. The highest BCUT2D eigenvalue weighted by Gasteiger charge is 2.16. The summed E-state index contributed by atoms with van der Waals surface area (Å²) in [5.74, 6) is -0.494. The molecule has 0 saturated carbocycles. The Labute approximate surface area is 166 Å². The fourth-order valence-corrected chi connectivity index (χ4v) is 3.90. The number of furan rings is 1. The molecule has 0 fully saturated rings. The summed E-state index contributed by atoms with van der Waals surface area (Å²) in [5.41, 5.74) is 0.781. The monoisotopic (exact) mass is 418 g/mol. The minimum atomic E-state index is -3.26. The lowest BCUT2D eigenvalue weighted by molar-refractivity contribution is 0.0942. The second kappa shape index (κ2) is 7.99. The first-order chi connectivity index (χ1) is 13.2. The molecule has 0 aliphatic heterocycles. The predicted molar refractivity (Wildman–Crippen MR) is 106 cm³/mol. The third kappa shape index (κ3) is 4.68. The summed E-state index contributed by atoms with van der Waals surface area (Å²) in [6.07, 6.45) is 2.55. The van der Waals surface area contributed by atoms with E-state index in [1.165, 1.54) is 18.4 Å². The van der Waals surface area contributed by atoms with Crippen LogP contribution in [-0.4, -0.2) is 26.5 Å². The topological polar surface area (TPSA) is 105 Å². The smallest absolute Gasteiger partial charge is 0.291 e. The lowest BCUT2D eigenvalue weighted by Crippen LogP contribution is -2.25. The fraction of sp³-hybridized carbons (Fsp3) is 0.158. The number of sulfone groups is 1. The van der Waals surface area contributed by atoms with E-state index in [1.54, 1.807) is 43.3 Å². The molecule has 0 unspecified atom stereocenters. The zero-order chi connectivity index (χ0) is 20.3. The molecule has 1 aromatic carbocycles. The average Bonchev–Trinajstić information content (AvgIpc) is 3.33. The van der Waals surface area contributed by atoms with Gasteiger partial charge in [-0.25, -0.2) is 8.42 Å². The van der Waals surface area contributed by atoms with Crippen LogP contribution in [0.15, 0.2) is 64.1 Å². The largest absolute Gasteiger partial charge is 0.459 e. The maximum Gasteiger partial charge on any atom is 0.291 e. The number of carbonyl (C=O) groups is 2. The third-order valence-electron chi connectivity index (χ3n) is 3.97. The van der Waals surface area contributed by atoms with Crippen LogP contribution in [0.5, 0.6) is 0 Å². The Hall–Kier alpha value is -2.91. The van der Waals surface area contributed by atoms with Crippen molar-refractivity contribution in [1.82, 2.24) is 5.32 Å². The average molecular weight is 418 g/mol. The van der Waals surface area contributed by atoms with Crippen molar-refractivity contribution in [2.75, 3.05) is 11.6 Å². The van der Waals surface area contributed by atoms with Gasteiger partial charge in [0.1, 0.15) is 0 Å². The first-order valence-corrected chi connectivity index (χ1v) is 11.0. The van der Waals surface area contributed by atoms with Crippen LogP contribution in [0.3, 0.4) is 0 Å². The molecule has 146 valence electrons. The molecule has 0 bridgehead atoms. The molecule has 28 heavy (non-hydrogen) atoms. The number of rotatable bonds is 6. The number of amides is 2. The highest BCUT2D eigenvalue weighted by Crippen LogP contribution is 2.24. The van der Waals surface area contributed by atoms with E-state index < -0.39 is 15.7 Å². The summed E-state index contributed by atoms with van der Waals surface area (Å²) in [4.78, 5) is 25.1. The lowest BCUT2D eigenvalue weighted by atomic mass is 10.1. The molecule has 0 spiro atoms. The minimum Gasteiger partial charge on any atom is -0.459 e. The Kier molecular flexibility index (Phi) is 5.66. The molecule has 1 atom stereocenters. The number of anilines is 1. The van der Waals surface area contributed by atoms with Gasteiger partial charge in [0.25, 0.3) is 11.8 Å². The van der Waals surface area contributed by atoms with E-state index in [0.717, 1.165) is 23.2 Å². The van der Waals surface area contributed by atoms with Crippen LogP contribution in [0.2, 0.25) is 0 Å². The van der Waals surface area contributed by atoms with Gasteiger partial charge < -0.3 is 15.1 Å². The SMILES string of the molecule is C[C@@H](NC(=O)c1ccc(NC(=O)c2ccco2)s1)c1ccc(S(C)(=O)=O)cc1. The molecular weight excluding hydrogens is 400 g/mol. The van der Waals surface area contributed by atoms with E-state index in [2.05, 4.69) is 10.6 Å².